The van der Waals surface area contributed by atoms with E-state index in [4.69, 9.17) is 5.26 Å². The zero-order valence-corrected chi connectivity index (χ0v) is 14.9. The molecule has 0 saturated heterocycles. The van der Waals surface area contributed by atoms with Crippen molar-refractivity contribution in [3.8, 4) is 6.07 Å². The Morgan fingerprint density at radius 3 is 2.42 bits per heavy atom. The zero-order valence-electron chi connectivity index (χ0n) is 14.0. The van der Waals surface area contributed by atoms with Gasteiger partial charge in [-0.15, -0.1) is 11.3 Å². The molecule has 0 aliphatic carbocycles. The molecular weight excluding hydrogens is 367 g/mol. The molecule has 1 heterocycles. The van der Waals surface area contributed by atoms with E-state index in [1.165, 1.54) is 19.4 Å². The van der Waals surface area contributed by atoms with Crippen LogP contribution in [0.4, 0.5) is 13.2 Å². The Morgan fingerprint density at radius 1 is 1.35 bits per heavy atom. The molecule has 0 aliphatic rings. The van der Waals surface area contributed by atoms with E-state index in [1.54, 1.807) is 24.3 Å². The van der Waals surface area contributed by atoms with Gasteiger partial charge in [0.15, 0.2) is 0 Å². The second-order valence-corrected chi connectivity index (χ2v) is 6.75. The fourth-order valence-electron chi connectivity index (χ4n) is 2.24. The Kier molecular flexibility index (Phi) is 5.68. The van der Waals surface area contributed by atoms with Gasteiger partial charge < -0.3 is 10.0 Å². The third-order valence-corrected chi connectivity index (χ3v) is 4.89. The van der Waals surface area contributed by atoms with Crippen LogP contribution in [0.25, 0.3) is 0 Å². The van der Waals surface area contributed by atoms with Crippen LogP contribution in [0.1, 0.15) is 28.2 Å². The van der Waals surface area contributed by atoms with Gasteiger partial charge in [0.05, 0.1) is 18.1 Å². The van der Waals surface area contributed by atoms with Gasteiger partial charge in [-0.1, -0.05) is 12.1 Å². The van der Waals surface area contributed by atoms with Gasteiger partial charge in [-0.2, -0.15) is 18.4 Å². The summed E-state index contributed by atoms with van der Waals surface area (Å²) in [5.41, 5.74) is -1.90. The van der Waals surface area contributed by atoms with Gasteiger partial charge in [-0.3, -0.25) is 4.79 Å². The molecule has 1 aromatic carbocycles. The summed E-state index contributed by atoms with van der Waals surface area (Å²) in [6.45, 7) is 1.56. The zero-order chi connectivity index (χ0) is 19.5. The second kappa shape index (κ2) is 7.43. The standard InChI is InChI=1S/C17H16F3N3O2S/c1-11-10-26-15(22-11)16(25,17(18,19)20)7-14(24)23(2)9-13-5-3-12(8-21)4-6-13/h3-6,10,25H,7,9H2,1-2H3/t16-/m0/s1. The maximum absolute atomic E-state index is 13.4. The quantitative estimate of drug-likeness (QED) is 0.861. The number of aromatic nitrogens is 1. The molecule has 0 radical (unpaired) electrons. The number of nitriles is 1. The van der Waals surface area contributed by atoms with Gasteiger partial charge in [0.2, 0.25) is 11.5 Å². The van der Waals surface area contributed by atoms with Crippen LogP contribution < -0.4 is 0 Å². The molecule has 0 fully saturated rings. The van der Waals surface area contributed by atoms with Crippen molar-refractivity contribution in [3.63, 3.8) is 0 Å². The maximum Gasteiger partial charge on any atom is 0.424 e. The van der Waals surface area contributed by atoms with Crippen molar-refractivity contribution in [2.75, 3.05) is 7.05 Å². The number of carbonyl (C=O) groups is 1. The summed E-state index contributed by atoms with van der Waals surface area (Å²) >= 11 is 0.663. The molecule has 0 unspecified atom stereocenters. The molecule has 9 heteroatoms. The predicted molar refractivity (Wildman–Crippen MR) is 89.1 cm³/mol. The average Bonchev–Trinajstić information content (AvgIpc) is 3.01. The molecule has 0 aliphatic heterocycles. The molecule has 1 aromatic heterocycles. The lowest BCUT2D eigenvalue weighted by atomic mass is 9.98. The van der Waals surface area contributed by atoms with Crippen molar-refractivity contribution >= 4 is 17.2 Å². The number of aryl methyl sites for hydroxylation is 1. The van der Waals surface area contributed by atoms with Crippen LogP contribution in [-0.4, -0.2) is 34.1 Å². The highest BCUT2D eigenvalue weighted by Gasteiger charge is 2.58. The van der Waals surface area contributed by atoms with Crippen molar-refractivity contribution in [3.05, 3.63) is 51.5 Å². The van der Waals surface area contributed by atoms with Crippen LogP contribution in [0, 0.1) is 18.3 Å². The topological polar surface area (TPSA) is 77.2 Å². The number of halogens is 3. The second-order valence-electron chi connectivity index (χ2n) is 5.89. The van der Waals surface area contributed by atoms with E-state index in [0.717, 1.165) is 4.90 Å². The summed E-state index contributed by atoms with van der Waals surface area (Å²) in [5.74, 6) is -0.873. The SMILES string of the molecule is Cc1csc([C@@](O)(CC(=O)N(C)Cc2ccc(C#N)cc2)C(F)(F)F)n1. The fourth-order valence-corrected chi connectivity index (χ4v) is 3.16. The number of aliphatic hydroxyl groups is 1. The Hall–Kier alpha value is -2.44. The molecule has 1 atom stereocenters. The van der Waals surface area contributed by atoms with Gasteiger partial charge in [0.1, 0.15) is 5.01 Å². The number of hydrogen-bond donors (Lipinski definition) is 1. The van der Waals surface area contributed by atoms with Crippen molar-refractivity contribution in [2.45, 2.75) is 31.7 Å². The molecule has 5 nitrogen and oxygen atoms in total. The lowest BCUT2D eigenvalue weighted by Crippen LogP contribution is -2.46. The summed E-state index contributed by atoms with van der Waals surface area (Å²) in [6, 6.07) is 8.29. The first-order valence-electron chi connectivity index (χ1n) is 7.51. The lowest BCUT2D eigenvalue weighted by Gasteiger charge is -2.29. The maximum atomic E-state index is 13.4. The number of carbonyl (C=O) groups excluding carboxylic acids is 1. The smallest absolute Gasteiger partial charge is 0.374 e. The van der Waals surface area contributed by atoms with E-state index in [0.29, 0.717) is 28.2 Å². The van der Waals surface area contributed by atoms with Crippen LogP contribution in [0.2, 0.25) is 0 Å². The molecule has 0 saturated carbocycles. The van der Waals surface area contributed by atoms with Gasteiger partial charge in [-0.05, 0) is 24.6 Å². The van der Waals surface area contributed by atoms with E-state index in [-0.39, 0.29) is 6.54 Å². The van der Waals surface area contributed by atoms with Gasteiger partial charge in [0.25, 0.3) is 0 Å². The summed E-state index contributed by atoms with van der Waals surface area (Å²) in [7, 11) is 1.35. The Morgan fingerprint density at radius 2 is 1.96 bits per heavy atom. The summed E-state index contributed by atoms with van der Waals surface area (Å²) in [4.78, 5) is 17.1. The van der Waals surface area contributed by atoms with Crippen molar-refractivity contribution in [2.24, 2.45) is 0 Å². The van der Waals surface area contributed by atoms with Crippen LogP contribution in [0.3, 0.4) is 0 Å². The number of thiazole rings is 1. The van der Waals surface area contributed by atoms with E-state index >= 15 is 0 Å². The van der Waals surface area contributed by atoms with Crippen molar-refractivity contribution in [1.82, 2.24) is 9.88 Å². The van der Waals surface area contributed by atoms with E-state index in [9.17, 15) is 23.1 Å². The number of benzene rings is 1. The molecule has 138 valence electrons. The van der Waals surface area contributed by atoms with Gasteiger partial charge in [0, 0.05) is 24.7 Å². The number of amides is 1. The Balaban J connectivity index is 2.17. The van der Waals surface area contributed by atoms with Crippen LogP contribution in [-0.2, 0) is 16.9 Å². The number of hydrogen-bond acceptors (Lipinski definition) is 5. The minimum atomic E-state index is -5.04. The molecule has 2 rings (SSSR count). The molecular formula is C17H16F3N3O2S. The minimum Gasteiger partial charge on any atom is -0.374 e. The molecule has 2 aromatic rings. The third-order valence-electron chi connectivity index (χ3n) is 3.78. The largest absolute Gasteiger partial charge is 0.424 e. The number of nitrogens with zero attached hydrogens (tertiary/aromatic N) is 3. The first-order chi connectivity index (χ1) is 12.1. The average molecular weight is 383 g/mol. The molecule has 1 amide bonds. The van der Waals surface area contributed by atoms with E-state index < -0.39 is 29.1 Å². The summed E-state index contributed by atoms with van der Waals surface area (Å²) in [6.07, 6.45) is -6.20. The van der Waals surface area contributed by atoms with Crippen molar-refractivity contribution < 1.29 is 23.1 Å². The predicted octanol–water partition coefficient (Wildman–Crippen LogP) is 3.12. The molecule has 0 spiro atoms. The summed E-state index contributed by atoms with van der Waals surface area (Å²) < 4.78 is 40.3. The number of alkyl halides is 3. The molecule has 0 bridgehead atoms. The lowest BCUT2D eigenvalue weighted by molar-refractivity contribution is -0.268. The highest BCUT2D eigenvalue weighted by atomic mass is 32.1. The minimum absolute atomic E-state index is 0.0510. The first-order valence-corrected chi connectivity index (χ1v) is 8.39. The van der Waals surface area contributed by atoms with Gasteiger partial charge in [-0.25, -0.2) is 4.98 Å². The molecule has 26 heavy (non-hydrogen) atoms. The van der Waals surface area contributed by atoms with E-state index in [2.05, 4.69) is 4.98 Å². The van der Waals surface area contributed by atoms with Gasteiger partial charge >= 0.3 is 6.18 Å². The first kappa shape index (κ1) is 19.9. The number of rotatable bonds is 5. The van der Waals surface area contributed by atoms with Crippen LogP contribution >= 0.6 is 11.3 Å². The molecule has 1 N–H and O–H groups in total. The summed E-state index contributed by atoms with van der Waals surface area (Å²) in [5, 5.41) is 19.8. The fraction of sp³-hybridized carbons (Fsp3) is 0.353. The Bertz CT molecular complexity index is 827. The Labute approximate surface area is 152 Å². The monoisotopic (exact) mass is 383 g/mol. The van der Waals surface area contributed by atoms with Crippen LogP contribution in [0.15, 0.2) is 29.6 Å². The van der Waals surface area contributed by atoms with E-state index in [1.807, 2.05) is 6.07 Å². The van der Waals surface area contributed by atoms with Crippen LogP contribution in [0.5, 0.6) is 0 Å². The third kappa shape index (κ3) is 4.20. The van der Waals surface area contributed by atoms with Crippen molar-refractivity contribution in [1.29, 1.82) is 5.26 Å². The highest BCUT2D eigenvalue weighted by molar-refractivity contribution is 7.09. The normalized spacial score (nSPS) is 13.7. The highest BCUT2D eigenvalue weighted by Crippen LogP contribution is 2.43.